The van der Waals surface area contributed by atoms with Crippen molar-refractivity contribution in [2.24, 2.45) is 0 Å². The minimum absolute atomic E-state index is 0.160. The molecule has 103 valence electrons. The first kappa shape index (κ1) is 13.4. The van der Waals surface area contributed by atoms with Crippen molar-refractivity contribution in [3.63, 3.8) is 0 Å². The molecule has 6 aliphatic rings. The summed E-state index contributed by atoms with van der Waals surface area (Å²) >= 11 is 0. The number of imidazole rings is 1. The highest BCUT2D eigenvalue weighted by atomic mass is 16.6. The van der Waals surface area contributed by atoms with Crippen LogP contribution >= 0.6 is 0 Å². The Morgan fingerprint density at radius 3 is 3.13 bits per heavy atom. The van der Waals surface area contributed by atoms with Gasteiger partial charge in [-0.15, -0.1) is 18.7 Å². The van der Waals surface area contributed by atoms with Crippen LogP contribution in [0.5, 0.6) is 0 Å². The Kier molecular flexibility index (Phi) is 2.36. The van der Waals surface area contributed by atoms with E-state index in [9.17, 15) is 15.2 Å². The predicted octanol–water partition coefficient (Wildman–Crippen LogP) is -2.70. The third-order valence-corrected chi connectivity index (χ3v) is 7.50. The van der Waals surface area contributed by atoms with Crippen LogP contribution in [0.15, 0.2) is 12.4 Å². The molecule has 1 aromatic rings. The van der Waals surface area contributed by atoms with E-state index in [2.05, 4.69) is 19.3 Å². The average molecular weight is 293 g/mol. The summed E-state index contributed by atoms with van der Waals surface area (Å²) in [7, 11) is 4.99. The smallest absolute Gasteiger partial charge is 0.390 e. The van der Waals surface area contributed by atoms with Gasteiger partial charge in [-0.2, -0.15) is 13.6 Å². The number of hydrogen-bond acceptors (Lipinski definition) is 4. The van der Waals surface area contributed by atoms with Gasteiger partial charge in [-0.25, -0.2) is 11.0 Å². The zero-order chi connectivity index (χ0) is 15.5. The van der Waals surface area contributed by atoms with Crippen molar-refractivity contribution in [3.8, 4) is 0 Å². The monoisotopic (exact) mass is 295 g/mol. The summed E-state index contributed by atoms with van der Waals surface area (Å²) in [5, 5.41) is 21.7. The standard InChI is InChI=1S/C8H10B9N3O3/c21-6(4-19-2-1-18-7(19)20(22)23)3-8-5-9-12(10-8)13-11(8)14-16-15(13)17(14)16/h1-2,6,21H,3-5H2/q-1. The first-order valence-corrected chi connectivity index (χ1v) is 8.64. The lowest BCUT2D eigenvalue weighted by Gasteiger charge is -2.43. The maximum atomic E-state index is 11.0. The lowest BCUT2D eigenvalue weighted by molar-refractivity contribution is -0.397. The Balaban J connectivity index is 1.22. The summed E-state index contributed by atoms with van der Waals surface area (Å²) in [5.41, 5.74) is 0. The molecule has 7 heterocycles. The van der Waals surface area contributed by atoms with Crippen molar-refractivity contribution >= 4 is 65.1 Å². The molecule has 23 heavy (non-hydrogen) atoms. The number of aromatic nitrogens is 2. The lowest BCUT2D eigenvalue weighted by Crippen LogP contribution is -2.53. The molecule has 15 heteroatoms. The molecule has 1 aromatic heterocycles. The molecule has 4 bridgehead atoms. The van der Waals surface area contributed by atoms with Crippen LogP contribution in [-0.4, -0.2) is 84.8 Å². The van der Waals surface area contributed by atoms with Crippen molar-refractivity contribution in [2.75, 3.05) is 0 Å². The number of nitro groups is 1. The Labute approximate surface area is 138 Å². The number of fused-ring (bicyclic) bond motifs is 2. The Hall–Kier alpha value is -0.846. The number of aliphatic hydroxyl groups is 1. The SMILES string of the molecule is O=[N+]([O-])c1nccn1CC(O)CC12[B][B-]([B]C1)B1B3B4B3B4B12. The average Bonchev–Trinajstić information content (AvgIpc) is 3.03. The molecular weight excluding hydrogens is 283 g/mol. The van der Waals surface area contributed by atoms with E-state index in [1.165, 1.54) is 10.8 Å². The van der Waals surface area contributed by atoms with Crippen LogP contribution in [0.2, 0.25) is 11.5 Å². The fourth-order valence-electron chi connectivity index (χ4n) is 6.91. The molecule has 0 aliphatic carbocycles. The molecule has 6 aliphatic heterocycles. The lowest BCUT2D eigenvalue weighted by atomic mass is 8.70. The van der Waals surface area contributed by atoms with Gasteiger partial charge in [-0.1, -0.05) is 4.98 Å². The van der Waals surface area contributed by atoms with E-state index in [0.29, 0.717) is 6.39 Å². The summed E-state index contributed by atoms with van der Waals surface area (Å²) in [5.74, 6) is -0.182. The molecule has 0 saturated carbocycles. The van der Waals surface area contributed by atoms with E-state index in [1.54, 1.807) is 6.20 Å². The molecule has 1 N–H and O–H groups in total. The van der Waals surface area contributed by atoms with Gasteiger partial charge in [0.15, 0.2) is 0 Å². The minimum atomic E-state index is -0.558. The van der Waals surface area contributed by atoms with Crippen molar-refractivity contribution < 1.29 is 10.0 Å². The minimum Gasteiger partial charge on any atom is -0.390 e. The van der Waals surface area contributed by atoms with Crippen LogP contribution in [0.3, 0.4) is 0 Å². The fourth-order valence-corrected chi connectivity index (χ4v) is 6.91. The van der Waals surface area contributed by atoms with Crippen LogP contribution < -0.4 is 0 Å². The number of rotatable bonds is 5. The van der Waals surface area contributed by atoms with Gasteiger partial charge < -0.3 is 15.2 Å². The van der Waals surface area contributed by atoms with Gasteiger partial charge in [-0.3, -0.25) is 0 Å². The van der Waals surface area contributed by atoms with Crippen LogP contribution in [0.25, 0.3) is 0 Å². The Morgan fingerprint density at radius 2 is 2.35 bits per heavy atom. The number of nitrogens with zero attached hydrogens (tertiary/aromatic N) is 3. The highest BCUT2D eigenvalue weighted by molar-refractivity contribution is 8.61. The van der Waals surface area contributed by atoms with Crippen LogP contribution in [0.1, 0.15) is 6.42 Å². The van der Waals surface area contributed by atoms with E-state index in [0.717, 1.165) is 51.2 Å². The highest BCUT2D eigenvalue weighted by Gasteiger charge is 2.88. The molecule has 6 nitrogen and oxygen atoms in total. The summed E-state index contributed by atoms with van der Waals surface area (Å²) in [6.45, 7) is 1.04. The van der Waals surface area contributed by atoms with Crippen LogP contribution in [-0.2, 0) is 6.54 Å². The number of aliphatic hydroxyl groups excluding tert-OH is 1. The van der Waals surface area contributed by atoms with E-state index < -0.39 is 11.0 Å². The molecule has 0 spiro atoms. The zero-order valence-electron chi connectivity index (χ0n) is 12.7. The maximum absolute atomic E-state index is 11.0. The molecule has 3 radical (unpaired) electrons. The van der Waals surface area contributed by atoms with Gasteiger partial charge in [-0.05, 0) is 30.5 Å². The zero-order valence-corrected chi connectivity index (χ0v) is 12.7. The van der Waals surface area contributed by atoms with E-state index in [1.807, 2.05) is 0 Å². The Morgan fingerprint density at radius 1 is 1.52 bits per heavy atom. The second-order valence-corrected chi connectivity index (χ2v) is 8.32. The first-order valence-electron chi connectivity index (χ1n) is 8.64. The second kappa shape index (κ2) is 4.03. The predicted molar refractivity (Wildman–Crippen MR) is 98.8 cm³/mol. The van der Waals surface area contributed by atoms with Crippen molar-refractivity contribution in [3.05, 3.63) is 22.5 Å². The van der Waals surface area contributed by atoms with E-state index in [-0.39, 0.29) is 17.7 Å². The van der Waals surface area contributed by atoms with Crippen molar-refractivity contribution in [1.29, 1.82) is 0 Å². The highest BCUT2D eigenvalue weighted by Crippen LogP contribution is 2.63. The summed E-state index contributed by atoms with van der Waals surface area (Å²) in [6.07, 6.45) is 9.79. The molecule has 6 fully saturated rings. The number of hydrogen-bond donors (Lipinski definition) is 1. The molecule has 0 amide bonds. The van der Waals surface area contributed by atoms with Gasteiger partial charge in [0, 0.05) is 12.9 Å². The normalized spacial score (nSPS) is 29.6. The summed E-state index contributed by atoms with van der Waals surface area (Å²) in [6, 6.07) is 0. The van der Waals surface area contributed by atoms with Gasteiger partial charge in [0.05, 0.1) is 12.6 Å². The third kappa shape index (κ3) is 1.53. The molecule has 7 rings (SSSR count). The maximum Gasteiger partial charge on any atom is 0.434 e. The summed E-state index contributed by atoms with van der Waals surface area (Å²) in [4.78, 5) is 14.2. The van der Waals surface area contributed by atoms with Crippen LogP contribution in [0, 0.1) is 10.1 Å². The Bertz CT molecular complexity index is 725. The van der Waals surface area contributed by atoms with Gasteiger partial charge in [0.25, 0.3) is 0 Å². The largest absolute Gasteiger partial charge is 0.434 e. The fraction of sp³-hybridized carbons (Fsp3) is 0.625. The third-order valence-electron chi connectivity index (χ3n) is 7.50. The van der Waals surface area contributed by atoms with E-state index >= 15 is 0 Å². The molecule has 6 saturated heterocycles. The first-order chi connectivity index (χ1) is 11.1. The molecular formula is C8H10B9N3O3-. The van der Waals surface area contributed by atoms with Gasteiger partial charge >= 0.3 is 5.95 Å². The quantitative estimate of drug-likeness (QED) is 0.364. The molecule has 2 atom stereocenters. The molecule has 0 aromatic carbocycles. The topological polar surface area (TPSA) is 81.2 Å². The van der Waals surface area contributed by atoms with Gasteiger partial charge in [0.1, 0.15) is 12.4 Å². The van der Waals surface area contributed by atoms with Crippen molar-refractivity contribution in [2.45, 2.75) is 30.6 Å². The second-order valence-electron chi connectivity index (χ2n) is 8.32. The van der Waals surface area contributed by atoms with Gasteiger partial charge in [0.2, 0.25) is 0 Å². The molecule has 2 unspecified atom stereocenters. The van der Waals surface area contributed by atoms with Crippen LogP contribution in [0.4, 0.5) is 5.95 Å². The van der Waals surface area contributed by atoms with Crippen molar-refractivity contribution in [1.82, 2.24) is 9.55 Å². The summed E-state index contributed by atoms with van der Waals surface area (Å²) < 4.78 is 1.46. The van der Waals surface area contributed by atoms with E-state index in [4.69, 9.17) is 0 Å².